The molecule has 20 heavy (non-hydrogen) atoms. The molecule has 1 aromatic carbocycles. The molecule has 0 radical (unpaired) electrons. The molecule has 0 aliphatic carbocycles. The Kier molecular flexibility index (Phi) is 4.51. The topological polar surface area (TPSA) is 75.4 Å². The normalized spacial score (nSPS) is 23.9. The minimum atomic E-state index is -3.45. The zero-order valence-corrected chi connectivity index (χ0v) is 13.6. The van der Waals surface area contributed by atoms with Gasteiger partial charge in [0.2, 0.25) is 10.0 Å². The van der Waals surface area contributed by atoms with Crippen LogP contribution in [0.5, 0.6) is 0 Å². The van der Waals surface area contributed by atoms with Gasteiger partial charge in [-0.05, 0) is 32.2 Å². The maximum absolute atomic E-state index is 11.8. The molecule has 2 atom stereocenters. The van der Waals surface area contributed by atoms with E-state index in [9.17, 15) is 8.42 Å². The number of hydrogen-bond acceptors (Lipinski definition) is 5. The molecule has 112 valence electrons. The monoisotopic (exact) mass is 315 g/mol. The van der Waals surface area contributed by atoms with Crippen LogP contribution in [-0.2, 0) is 10.0 Å². The lowest BCUT2D eigenvalue weighted by atomic mass is 10.1. The van der Waals surface area contributed by atoms with Gasteiger partial charge in [0.05, 0.1) is 16.3 Å². The van der Waals surface area contributed by atoms with Gasteiger partial charge in [0.1, 0.15) is 0 Å². The zero-order chi connectivity index (χ0) is 14.9. The van der Waals surface area contributed by atoms with Gasteiger partial charge in [-0.2, -0.15) is 11.8 Å². The minimum Gasteiger partial charge on any atom is -0.397 e. The van der Waals surface area contributed by atoms with Crippen LogP contribution in [0.1, 0.15) is 13.8 Å². The maximum atomic E-state index is 11.8. The number of anilines is 2. The molecule has 7 heteroatoms. The van der Waals surface area contributed by atoms with Crippen molar-refractivity contribution in [3.05, 3.63) is 18.2 Å². The molecule has 1 saturated heterocycles. The largest absolute Gasteiger partial charge is 0.397 e. The first-order chi connectivity index (χ1) is 9.36. The Morgan fingerprint density at radius 1 is 1.40 bits per heavy atom. The average Bonchev–Trinajstić information content (AvgIpc) is 2.42. The third-order valence-electron chi connectivity index (χ3n) is 3.77. The van der Waals surface area contributed by atoms with E-state index in [2.05, 4.69) is 23.5 Å². The molecule has 1 aromatic rings. The summed E-state index contributed by atoms with van der Waals surface area (Å²) in [6, 6.07) is 5.32. The molecule has 3 N–H and O–H groups in total. The quantitative estimate of drug-likeness (QED) is 0.827. The van der Waals surface area contributed by atoms with Crippen molar-refractivity contribution >= 4 is 33.2 Å². The van der Waals surface area contributed by atoms with Gasteiger partial charge in [0, 0.05) is 23.6 Å². The van der Waals surface area contributed by atoms with E-state index in [0.717, 1.165) is 18.0 Å². The van der Waals surface area contributed by atoms with Crippen LogP contribution >= 0.6 is 11.8 Å². The lowest BCUT2D eigenvalue weighted by molar-refractivity contribution is 0.588. The van der Waals surface area contributed by atoms with Crippen molar-refractivity contribution in [2.45, 2.75) is 30.0 Å². The van der Waals surface area contributed by atoms with Gasteiger partial charge in [0.15, 0.2) is 0 Å². The minimum absolute atomic E-state index is 0.202. The first-order valence-corrected chi connectivity index (χ1v) is 9.11. The number of rotatable bonds is 3. The number of nitrogens with two attached hydrogens (primary N) is 1. The van der Waals surface area contributed by atoms with E-state index < -0.39 is 10.0 Å². The standard InChI is InChI=1S/C13H21N3O2S2/c1-9-10(2)19-7-6-16(9)13-5-4-11(8-12(13)14)20(17,18)15-3/h4-5,8-10,15H,6-7,14H2,1-3H3. The number of nitrogens with zero attached hydrogens (tertiary/aromatic N) is 1. The van der Waals surface area contributed by atoms with Crippen molar-refractivity contribution in [3.8, 4) is 0 Å². The van der Waals surface area contributed by atoms with Crippen molar-refractivity contribution in [3.63, 3.8) is 0 Å². The molecule has 1 heterocycles. The molecule has 1 aliphatic rings. The fourth-order valence-corrected chi connectivity index (χ4v) is 4.22. The number of nitrogens with one attached hydrogen (secondary N) is 1. The van der Waals surface area contributed by atoms with Crippen molar-refractivity contribution < 1.29 is 8.42 Å². The fraction of sp³-hybridized carbons (Fsp3) is 0.538. The Morgan fingerprint density at radius 3 is 2.70 bits per heavy atom. The van der Waals surface area contributed by atoms with E-state index >= 15 is 0 Å². The molecule has 0 aromatic heterocycles. The Bertz CT molecular complexity index is 589. The molecule has 1 fully saturated rings. The van der Waals surface area contributed by atoms with Gasteiger partial charge in [-0.3, -0.25) is 0 Å². The average molecular weight is 315 g/mol. The summed E-state index contributed by atoms with van der Waals surface area (Å²) in [5.74, 6) is 1.06. The molecular formula is C13H21N3O2S2. The van der Waals surface area contributed by atoms with Crippen LogP contribution in [0.25, 0.3) is 0 Å². The summed E-state index contributed by atoms with van der Waals surface area (Å²) in [6.07, 6.45) is 0. The predicted octanol–water partition coefficient (Wildman–Crippen LogP) is 1.51. The lowest BCUT2D eigenvalue weighted by Crippen LogP contribution is -2.45. The number of nitrogen functional groups attached to an aromatic ring is 1. The number of benzene rings is 1. The highest BCUT2D eigenvalue weighted by Gasteiger charge is 2.27. The first kappa shape index (κ1) is 15.5. The lowest BCUT2D eigenvalue weighted by Gasteiger charge is -2.39. The number of hydrogen-bond donors (Lipinski definition) is 2. The second-order valence-corrected chi connectivity index (χ2v) is 8.31. The Morgan fingerprint density at radius 2 is 2.10 bits per heavy atom. The molecule has 2 unspecified atom stereocenters. The van der Waals surface area contributed by atoms with E-state index in [1.807, 2.05) is 11.8 Å². The molecule has 1 aliphatic heterocycles. The molecule has 0 spiro atoms. The van der Waals surface area contributed by atoms with Crippen LogP contribution in [0.15, 0.2) is 23.1 Å². The molecule has 0 bridgehead atoms. The molecule has 0 amide bonds. The van der Waals surface area contributed by atoms with Gasteiger partial charge in [-0.15, -0.1) is 0 Å². The first-order valence-electron chi connectivity index (χ1n) is 6.58. The van der Waals surface area contributed by atoms with E-state index in [-0.39, 0.29) is 4.90 Å². The van der Waals surface area contributed by atoms with Crippen LogP contribution in [0.2, 0.25) is 0 Å². The third kappa shape index (κ3) is 2.89. The summed E-state index contributed by atoms with van der Waals surface area (Å²) >= 11 is 1.95. The second-order valence-electron chi connectivity index (χ2n) is 4.94. The van der Waals surface area contributed by atoms with Crippen LogP contribution < -0.4 is 15.4 Å². The van der Waals surface area contributed by atoms with Gasteiger partial charge in [-0.25, -0.2) is 13.1 Å². The molecule has 2 rings (SSSR count). The SMILES string of the molecule is CNS(=O)(=O)c1ccc(N2CCSC(C)C2C)c(N)c1. The summed E-state index contributed by atoms with van der Waals surface area (Å²) in [5.41, 5.74) is 7.49. The predicted molar refractivity (Wildman–Crippen MR) is 85.8 cm³/mol. The van der Waals surface area contributed by atoms with Crippen molar-refractivity contribution in [1.82, 2.24) is 4.72 Å². The number of thioether (sulfide) groups is 1. The number of sulfonamides is 1. The highest BCUT2D eigenvalue weighted by molar-refractivity contribution is 8.00. The third-order valence-corrected chi connectivity index (χ3v) is 6.52. The van der Waals surface area contributed by atoms with E-state index in [1.165, 1.54) is 13.1 Å². The summed E-state index contributed by atoms with van der Waals surface area (Å²) in [6.45, 7) is 5.31. The van der Waals surface area contributed by atoms with Gasteiger partial charge in [-0.1, -0.05) is 6.92 Å². The van der Waals surface area contributed by atoms with Gasteiger partial charge in [0.25, 0.3) is 0 Å². The van der Waals surface area contributed by atoms with Crippen molar-refractivity contribution in [2.75, 3.05) is 30.0 Å². The summed E-state index contributed by atoms with van der Waals surface area (Å²) in [7, 11) is -2.05. The van der Waals surface area contributed by atoms with Gasteiger partial charge < -0.3 is 10.6 Å². The summed E-state index contributed by atoms with van der Waals surface area (Å²) < 4.78 is 25.8. The summed E-state index contributed by atoms with van der Waals surface area (Å²) in [4.78, 5) is 2.46. The molecule has 5 nitrogen and oxygen atoms in total. The molecule has 0 saturated carbocycles. The van der Waals surface area contributed by atoms with E-state index in [4.69, 9.17) is 5.73 Å². The molecular weight excluding hydrogens is 294 g/mol. The fourth-order valence-electron chi connectivity index (χ4n) is 2.35. The zero-order valence-electron chi connectivity index (χ0n) is 12.0. The van der Waals surface area contributed by atoms with E-state index in [0.29, 0.717) is 17.0 Å². The van der Waals surface area contributed by atoms with Crippen molar-refractivity contribution in [2.24, 2.45) is 0 Å². The Labute approximate surface area is 125 Å². The van der Waals surface area contributed by atoms with Crippen LogP contribution in [0.4, 0.5) is 11.4 Å². The van der Waals surface area contributed by atoms with Crippen LogP contribution in [0, 0.1) is 0 Å². The maximum Gasteiger partial charge on any atom is 0.240 e. The second kappa shape index (κ2) is 5.83. The van der Waals surface area contributed by atoms with Crippen molar-refractivity contribution in [1.29, 1.82) is 0 Å². The van der Waals surface area contributed by atoms with Crippen LogP contribution in [0.3, 0.4) is 0 Å². The van der Waals surface area contributed by atoms with Crippen LogP contribution in [-0.4, -0.2) is 39.1 Å². The summed E-state index contributed by atoms with van der Waals surface area (Å²) in [5, 5.41) is 0.531. The Balaban J connectivity index is 2.35. The smallest absolute Gasteiger partial charge is 0.240 e. The Hall–Kier alpha value is -0.920. The van der Waals surface area contributed by atoms with E-state index in [1.54, 1.807) is 12.1 Å². The highest BCUT2D eigenvalue weighted by Crippen LogP contribution is 2.33. The highest BCUT2D eigenvalue weighted by atomic mass is 32.2. The van der Waals surface area contributed by atoms with Gasteiger partial charge >= 0.3 is 0 Å².